The first-order valence-corrected chi connectivity index (χ1v) is 8.00. The number of hydrogen-bond acceptors (Lipinski definition) is 4. The van der Waals surface area contributed by atoms with Crippen LogP contribution in [0.4, 0.5) is 0 Å². The number of nitrogens with two attached hydrogens (primary N) is 1. The molecule has 0 aliphatic rings. The second-order valence-electron chi connectivity index (χ2n) is 4.08. The highest BCUT2D eigenvalue weighted by Crippen LogP contribution is 2.24. The highest BCUT2D eigenvalue weighted by molar-refractivity contribution is 7.12. The second kappa shape index (κ2) is 6.91. The van der Waals surface area contributed by atoms with E-state index < -0.39 is 0 Å². The molecule has 0 saturated carbocycles. The van der Waals surface area contributed by atoms with E-state index in [1.807, 2.05) is 16.8 Å². The van der Waals surface area contributed by atoms with Crippen LogP contribution in [-0.4, -0.2) is 24.4 Å². The lowest BCUT2D eigenvalue weighted by Crippen LogP contribution is -2.25. The third-order valence-electron chi connectivity index (χ3n) is 2.55. The fourth-order valence-electron chi connectivity index (χ4n) is 1.63. The van der Waals surface area contributed by atoms with Crippen LogP contribution in [0.25, 0.3) is 0 Å². The molecule has 1 amide bonds. The molecule has 2 aromatic rings. The molecule has 0 aromatic carbocycles. The maximum absolute atomic E-state index is 12.2. The lowest BCUT2D eigenvalue weighted by Gasteiger charge is -2.15. The summed E-state index contributed by atoms with van der Waals surface area (Å²) >= 11 is 8.89. The van der Waals surface area contributed by atoms with Gasteiger partial charge in [0.15, 0.2) is 0 Å². The summed E-state index contributed by atoms with van der Waals surface area (Å²) in [6.45, 7) is 0.885. The van der Waals surface area contributed by atoms with E-state index in [0.717, 1.165) is 10.4 Å². The Hall–Kier alpha value is -1.32. The van der Waals surface area contributed by atoms with Gasteiger partial charge in [-0.1, -0.05) is 23.4 Å². The summed E-state index contributed by atoms with van der Waals surface area (Å²) in [6.07, 6.45) is 0. The Balaban J connectivity index is 2.04. The molecule has 3 nitrogen and oxygen atoms in total. The normalized spacial score (nSPS) is 9.95. The maximum Gasteiger partial charge on any atom is 0.265 e. The smallest absolute Gasteiger partial charge is 0.265 e. The van der Waals surface area contributed by atoms with Crippen molar-refractivity contribution in [2.75, 3.05) is 13.6 Å². The topological polar surface area (TPSA) is 46.3 Å². The Morgan fingerprint density at radius 2 is 2.30 bits per heavy atom. The standard InChI is InChI=1S/C14H13ClN2OS2/c1-17(14(18)13-12(15)4-6-19-13)8-10-7-11(20-9-10)3-2-5-16/h4,6-7,9H,5,8,16H2,1H3. The zero-order valence-electron chi connectivity index (χ0n) is 10.9. The third-order valence-corrected chi connectivity index (χ3v) is 4.77. The average molecular weight is 325 g/mol. The molecule has 0 aliphatic heterocycles. The first kappa shape index (κ1) is 15.1. The minimum Gasteiger partial charge on any atom is -0.337 e. The van der Waals surface area contributed by atoms with Crippen LogP contribution >= 0.6 is 34.3 Å². The van der Waals surface area contributed by atoms with Crippen molar-refractivity contribution in [2.45, 2.75) is 6.54 Å². The summed E-state index contributed by atoms with van der Waals surface area (Å²) in [5.74, 6) is 5.74. The van der Waals surface area contributed by atoms with E-state index in [4.69, 9.17) is 17.3 Å². The minimum absolute atomic E-state index is 0.0641. The summed E-state index contributed by atoms with van der Waals surface area (Å²) in [5.41, 5.74) is 6.39. The van der Waals surface area contributed by atoms with Crippen LogP contribution in [-0.2, 0) is 6.54 Å². The number of carbonyl (C=O) groups excluding carboxylic acids is 1. The molecule has 0 fully saturated rings. The van der Waals surface area contributed by atoms with Crippen LogP contribution in [0.3, 0.4) is 0 Å². The average Bonchev–Trinajstić information content (AvgIpc) is 3.04. The number of halogens is 1. The Bertz CT molecular complexity index is 666. The Labute approximate surface area is 131 Å². The van der Waals surface area contributed by atoms with Gasteiger partial charge in [-0.05, 0) is 28.5 Å². The molecule has 0 spiro atoms. The van der Waals surface area contributed by atoms with Gasteiger partial charge in [0.1, 0.15) is 4.88 Å². The van der Waals surface area contributed by atoms with Crippen LogP contribution in [0, 0.1) is 11.8 Å². The molecule has 0 radical (unpaired) electrons. The van der Waals surface area contributed by atoms with Gasteiger partial charge in [0, 0.05) is 13.6 Å². The van der Waals surface area contributed by atoms with Crippen molar-refractivity contribution in [3.63, 3.8) is 0 Å². The SMILES string of the molecule is CN(Cc1csc(C#CCN)c1)C(=O)c1sccc1Cl. The van der Waals surface area contributed by atoms with Gasteiger partial charge in [0.25, 0.3) is 5.91 Å². The molecule has 0 unspecified atom stereocenters. The van der Waals surface area contributed by atoms with Crippen LogP contribution in [0.2, 0.25) is 5.02 Å². The molecule has 0 saturated heterocycles. The fourth-order valence-corrected chi connectivity index (χ4v) is 3.53. The van der Waals surface area contributed by atoms with Crippen LogP contribution in [0.5, 0.6) is 0 Å². The van der Waals surface area contributed by atoms with Gasteiger partial charge in [-0.25, -0.2) is 0 Å². The Kier molecular flexibility index (Phi) is 5.21. The van der Waals surface area contributed by atoms with Gasteiger partial charge in [0.2, 0.25) is 0 Å². The first-order chi connectivity index (χ1) is 9.61. The predicted octanol–water partition coefficient (Wildman–Crippen LogP) is 3.05. The molecule has 0 atom stereocenters. The number of thiophene rings is 2. The molecule has 0 bridgehead atoms. The molecule has 2 rings (SSSR count). The van der Waals surface area contributed by atoms with E-state index >= 15 is 0 Å². The minimum atomic E-state index is -0.0641. The van der Waals surface area contributed by atoms with E-state index in [1.54, 1.807) is 29.4 Å². The summed E-state index contributed by atoms with van der Waals surface area (Å²) in [4.78, 5) is 15.4. The van der Waals surface area contributed by atoms with Crippen molar-refractivity contribution in [1.82, 2.24) is 4.90 Å². The number of amides is 1. The van der Waals surface area contributed by atoms with Crippen LogP contribution < -0.4 is 5.73 Å². The van der Waals surface area contributed by atoms with E-state index in [9.17, 15) is 4.79 Å². The fraction of sp³-hybridized carbons (Fsp3) is 0.214. The molecule has 104 valence electrons. The zero-order chi connectivity index (χ0) is 14.5. The molecule has 2 heterocycles. The van der Waals surface area contributed by atoms with Gasteiger partial charge in [0.05, 0.1) is 16.4 Å². The van der Waals surface area contributed by atoms with Crippen LogP contribution in [0.15, 0.2) is 22.9 Å². The highest BCUT2D eigenvalue weighted by atomic mass is 35.5. The zero-order valence-corrected chi connectivity index (χ0v) is 13.2. The maximum atomic E-state index is 12.2. The van der Waals surface area contributed by atoms with Gasteiger partial charge < -0.3 is 10.6 Å². The first-order valence-electron chi connectivity index (χ1n) is 5.86. The quantitative estimate of drug-likeness (QED) is 0.882. The van der Waals surface area contributed by atoms with E-state index in [0.29, 0.717) is 23.0 Å². The van der Waals surface area contributed by atoms with Crippen molar-refractivity contribution in [2.24, 2.45) is 5.73 Å². The molecule has 6 heteroatoms. The molecule has 2 N–H and O–H groups in total. The molecule has 20 heavy (non-hydrogen) atoms. The Morgan fingerprint density at radius 1 is 1.50 bits per heavy atom. The summed E-state index contributed by atoms with van der Waals surface area (Å²) < 4.78 is 0. The highest BCUT2D eigenvalue weighted by Gasteiger charge is 2.17. The predicted molar refractivity (Wildman–Crippen MR) is 85.4 cm³/mol. The van der Waals surface area contributed by atoms with Crippen molar-refractivity contribution < 1.29 is 4.79 Å². The van der Waals surface area contributed by atoms with Crippen molar-refractivity contribution in [1.29, 1.82) is 0 Å². The third kappa shape index (κ3) is 3.62. The lowest BCUT2D eigenvalue weighted by molar-refractivity contribution is 0.0790. The van der Waals surface area contributed by atoms with Crippen molar-refractivity contribution in [3.05, 3.63) is 43.2 Å². The summed E-state index contributed by atoms with van der Waals surface area (Å²) in [5, 5.41) is 4.32. The number of nitrogens with zero attached hydrogens (tertiary/aromatic N) is 1. The summed E-state index contributed by atoms with van der Waals surface area (Å²) in [6, 6.07) is 3.71. The number of carbonyl (C=O) groups is 1. The largest absolute Gasteiger partial charge is 0.337 e. The van der Waals surface area contributed by atoms with Gasteiger partial charge in [-0.2, -0.15) is 0 Å². The van der Waals surface area contributed by atoms with Gasteiger partial charge in [-0.15, -0.1) is 22.7 Å². The Morgan fingerprint density at radius 3 is 2.95 bits per heavy atom. The van der Waals surface area contributed by atoms with E-state index in [1.165, 1.54) is 11.3 Å². The van der Waals surface area contributed by atoms with E-state index in [-0.39, 0.29) is 5.91 Å². The van der Waals surface area contributed by atoms with Crippen molar-refractivity contribution >= 4 is 40.2 Å². The number of rotatable bonds is 3. The van der Waals surface area contributed by atoms with Gasteiger partial charge >= 0.3 is 0 Å². The molecular weight excluding hydrogens is 312 g/mol. The van der Waals surface area contributed by atoms with Crippen molar-refractivity contribution in [3.8, 4) is 11.8 Å². The molecule has 2 aromatic heterocycles. The summed E-state index contributed by atoms with van der Waals surface area (Å²) in [7, 11) is 1.77. The monoisotopic (exact) mass is 324 g/mol. The van der Waals surface area contributed by atoms with E-state index in [2.05, 4.69) is 11.8 Å². The number of hydrogen-bond donors (Lipinski definition) is 1. The van der Waals surface area contributed by atoms with Gasteiger partial charge in [-0.3, -0.25) is 4.79 Å². The molecule has 0 aliphatic carbocycles. The van der Waals surface area contributed by atoms with Crippen LogP contribution in [0.1, 0.15) is 20.1 Å². The second-order valence-corrected chi connectivity index (χ2v) is 6.32. The lowest BCUT2D eigenvalue weighted by atomic mass is 10.3. The molecular formula is C14H13ClN2OS2.